The number of hydrogen-bond donors (Lipinski definition) is 0. The zero-order valence-electron chi connectivity index (χ0n) is 14.5. The molecule has 3 rings (SSSR count). The molecule has 0 bridgehead atoms. The van der Waals surface area contributed by atoms with Gasteiger partial charge in [-0.05, 0) is 30.7 Å². The van der Waals surface area contributed by atoms with E-state index < -0.39 is 27.3 Å². The summed E-state index contributed by atoms with van der Waals surface area (Å²) in [5.74, 6) is -1.39. The highest BCUT2D eigenvalue weighted by molar-refractivity contribution is 7.88. The Labute approximate surface area is 157 Å². The number of pyridine rings is 2. The van der Waals surface area contributed by atoms with Crippen molar-refractivity contribution in [2.45, 2.75) is 25.3 Å². The molecule has 28 heavy (non-hydrogen) atoms. The Morgan fingerprint density at radius 2 is 1.86 bits per heavy atom. The van der Waals surface area contributed by atoms with Crippen LogP contribution in [-0.4, -0.2) is 30.5 Å². The fourth-order valence-electron chi connectivity index (χ4n) is 2.50. The number of unbranched alkanes of at least 4 members (excludes halogenated alkanes) is 1. The summed E-state index contributed by atoms with van der Waals surface area (Å²) in [6, 6.07) is 4.40. The molecule has 0 amide bonds. The lowest BCUT2D eigenvalue weighted by Crippen LogP contribution is -2.28. The lowest BCUT2D eigenvalue weighted by Gasteiger charge is -2.14. The van der Waals surface area contributed by atoms with E-state index in [0.29, 0.717) is 6.61 Å². The largest absolute Gasteiger partial charge is 0.534 e. The van der Waals surface area contributed by atoms with Crippen molar-refractivity contribution in [3.8, 4) is 11.8 Å². The lowest BCUT2D eigenvalue weighted by molar-refractivity contribution is -0.0500. The van der Waals surface area contributed by atoms with Crippen LogP contribution in [0.1, 0.15) is 19.8 Å². The van der Waals surface area contributed by atoms with Crippen molar-refractivity contribution >= 4 is 31.8 Å². The molecule has 3 aromatic rings. The summed E-state index contributed by atoms with van der Waals surface area (Å²) in [5.41, 5.74) is -5.59. The monoisotopic (exact) mass is 418 g/mol. The van der Waals surface area contributed by atoms with Gasteiger partial charge >= 0.3 is 15.6 Å². The van der Waals surface area contributed by atoms with Crippen molar-refractivity contribution < 1.29 is 34.9 Å². The van der Waals surface area contributed by atoms with Crippen molar-refractivity contribution in [2.24, 2.45) is 0 Å². The predicted molar refractivity (Wildman–Crippen MR) is 93.0 cm³/mol. The Bertz CT molecular complexity index is 1130. The van der Waals surface area contributed by atoms with Gasteiger partial charge in [0.25, 0.3) is 0 Å². The molecule has 0 unspecified atom stereocenters. The normalized spacial score (nSPS) is 12.5. The number of hydrogen-bond acceptors (Lipinski definition) is 6. The first-order chi connectivity index (χ1) is 13.1. The van der Waals surface area contributed by atoms with Gasteiger partial charge in [-0.3, -0.25) is 0 Å². The summed E-state index contributed by atoms with van der Waals surface area (Å²) in [6.45, 7) is 2.27. The Kier molecular flexibility index (Phi) is 5.28. The van der Waals surface area contributed by atoms with E-state index >= 15 is 0 Å². The van der Waals surface area contributed by atoms with Crippen molar-refractivity contribution in [2.75, 3.05) is 6.61 Å². The third kappa shape index (κ3) is 3.79. The van der Waals surface area contributed by atoms with E-state index in [2.05, 4.69) is 14.2 Å². The topological polar surface area (TPSA) is 78.4 Å². The minimum atomic E-state index is -5.95. The van der Waals surface area contributed by atoms with Crippen molar-refractivity contribution in [1.29, 1.82) is 0 Å². The highest BCUT2D eigenvalue weighted by Gasteiger charge is 2.49. The van der Waals surface area contributed by atoms with E-state index in [1.807, 2.05) is 6.92 Å². The van der Waals surface area contributed by atoms with E-state index in [1.54, 1.807) is 0 Å². The van der Waals surface area contributed by atoms with Crippen LogP contribution in [0.25, 0.3) is 21.7 Å². The molecule has 0 aliphatic rings. The standard InChI is InChI=1S/C17H14F4N2O4S/c1-2-3-8-26-16-14-12-9-10(18)4-5-11(12)15(23-13(14)6-7-22-16)27-28(24,25)17(19,20)21/h4-7,9H,2-3,8H2,1H3. The van der Waals surface area contributed by atoms with Crippen molar-refractivity contribution in [1.82, 2.24) is 9.97 Å². The molecular formula is C17H14F4N2O4S. The van der Waals surface area contributed by atoms with Crippen LogP contribution in [0.3, 0.4) is 0 Å². The Morgan fingerprint density at radius 1 is 1.11 bits per heavy atom. The summed E-state index contributed by atoms with van der Waals surface area (Å²) >= 11 is 0. The minimum Gasteiger partial charge on any atom is -0.477 e. The smallest absolute Gasteiger partial charge is 0.477 e. The van der Waals surface area contributed by atoms with Crippen molar-refractivity contribution in [3.05, 3.63) is 36.3 Å². The molecule has 0 radical (unpaired) electrons. The molecule has 0 N–H and O–H groups in total. The van der Waals surface area contributed by atoms with Gasteiger partial charge in [0.2, 0.25) is 11.8 Å². The average molecular weight is 418 g/mol. The molecule has 11 heteroatoms. The fourth-order valence-corrected chi connectivity index (χ4v) is 2.93. The van der Waals surface area contributed by atoms with Crippen LogP contribution in [0.4, 0.5) is 17.6 Å². The van der Waals surface area contributed by atoms with Gasteiger partial charge in [-0.15, -0.1) is 0 Å². The molecule has 0 atom stereocenters. The zero-order valence-corrected chi connectivity index (χ0v) is 15.3. The second-order valence-electron chi connectivity index (χ2n) is 5.80. The number of halogens is 4. The molecular weight excluding hydrogens is 404 g/mol. The first kappa shape index (κ1) is 20.1. The van der Waals surface area contributed by atoms with Gasteiger partial charge in [0.15, 0.2) is 0 Å². The second kappa shape index (κ2) is 7.38. The van der Waals surface area contributed by atoms with Gasteiger partial charge in [0.1, 0.15) is 5.82 Å². The minimum absolute atomic E-state index is 0.0481. The number of alkyl halides is 3. The maximum atomic E-state index is 13.8. The van der Waals surface area contributed by atoms with Gasteiger partial charge in [-0.25, -0.2) is 14.4 Å². The SMILES string of the molecule is CCCCOc1nccc2nc(OS(=O)(=O)C(F)(F)F)c3ccc(F)cc3c12. The third-order valence-corrected chi connectivity index (χ3v) is 4.75. The average Bonchev–Trinajstić information content (AvgIpc) is 2.60. The highest BCUT2D eigenvalue weighted by Crippen LogP contribution is 2.37. The van der Waals surface area contributed by atoms with E-state index in [9.17, 15) is 26.0 Å². The molecule has 0 aliphatic carbocycles. The summed E-state index contributed by atoms with van der Waals surface area (Å²) in [5, 5.41) is 0.178. The summed E-state index contributed by atoms with van der Waals surface area (Å²) in [6.07, 6.45) is 2.87. The van der Waals surface area contributed by atoms with E-state index in [0.717, 1.165) is 31.0 Å². The molecule has 2 aromatic heterocycles. The van der Waals surface area contributed by atoms with E-state index in [1.165, 1.54) is 12.3 Å². The quantitative estimate of drug-likeness (QED) is 0.195. The first-order valence-electron chi connectivity index (χ1n) is 8.15. The summed E-state index contributed by atoms with van der Waals surface area (Å²) in [7, 11) is -5.95. The fraction of sp³-hybridized carbons (Fsp3) is 0.294. The predicted octanol–water partition coefficient (Wildman–Crippen LogP) is 4.33. The van der Waals surface area contributed by atoms with Crippen LogP contribution in [0.15, 0.2) is 30.5 Å². The van der Waals surface area contributed by atoms with Crippen LogP contribution >= 0.6 is 0 Å². The summed E-state index contributed by atoms with van der Waals surface area (Å²) < 4.78 is 84.6. The molecule has 0 fully saturated rings. The van der Waals surface area contributed by atoms with Crippen LogP contribution in [0.5, 0.6) is 11.8 Å². The maximum Gasteiger partial charge on any atom is 0.534 e. The molecule has 0 saturated heterocycles. The van der Waals surface area contributed by atoms with Crippen LogP contribution in [0.2, 0.25) is 0 Å². The van der Waals surface area contributed by atoms with Crippen LogP contribution in [0, 0.1) is 5.82 Å². The Balaban J connectivity index is 2.25. The lowest BCUT2D eigenvalue weighted by atomic mass is 10.1. The summed E-state index contributed by atoms with van der Waals surface area (Å²) in [4.78, 5) is 7.96. The number of rotatable bonds is 6. The van der Waals surface area contributed by atoms with Gasteiger partial charge in [-0.1, -0.05) is 13.3 Å². The van der Waals surface area contributed by atoms with Crippen LogP contribution < -0.4 is 8.92 Å². The highest BCUT2D eigenvalue weighted by atomic mass is 32.2. The van der Waals surface area contributed by atoms with Gasteiger partial charge in [-0.2, -0.15) is 21.6 Å². The number of fused-ring (bicyclic) bond motifs is 3. The first-order valence-corrected chi connectivity index (χ1v) is 9.56. The van der Waals surface area contributed by atoms with Gasteiger partial charge in [0, 0.05) is 17.0 Å². The molecule has 0 saturated carbocycles. The third-order valence-electron chi connectivity index (χ3n) is 3.81. The van der Waals surface area contributed by atoms with Gasteiger partial charge in [0.05, 0.1) is 17.5 Å². The van der Waals surface area contributed by atoms with E-state index in [-0.39, 0.29) is 27.6 Å². The maximum absolute atomic E-state index is 13.8. The molecule has 150 valence electrons. The van der Waals surface area contributed by atoms with Crippen molar-refractivity contribution in [3.63, 3.8) is 0 Å². The Morgan fingerprint density at radius 3 is 2.54 bits per heavy atom. The molecule has 1 aromatic carbocycles. The van der Waals surface area contributed by atoms with Gasteiger partial charge < -0.3 is 8.92 Å². The molecule has 0 aliphatic heterocycles. The number of aromatic nitrogens is 2. The Hall–Kier alpha value is -2.69. The van der Waals surface area contributed by atoms with Crippen LogP contribution in [-0.2, 0) is 10.1 Å². The number of ether oxygens (including phenoxy) is 1. The second-order valence-corrected chi connectivity index (χ2v) is 7.34. The molecule has 2 heterocycles. The number of benzene rings is 1. The van der Waals surface area contributed by atoms with E-state index in [4.69, 9.17) is 4.74 Å². The molecule has 6 nitrogen and oxygen atoms in total. The number of nitrogens with zero attached hydrogens (tertiary/aromatic N) is 2. The molecule has 0 spiro atoms. The zero-order chi connectivity index (χ0) is 20.5.